The van der Waals surface area contributed by atoms with Gasteiger partial charge in [-0.3, -0.25) is 0 Å². The van der Waals surface area contributed by atoms with Gasteiger partial charge in [0.15, 0.2) is 0 Å². The third kappa shape index (κ3) is 3.51. The number of aryl methyl sites for hydroxylation is 6. The van der Waals surface area contributed by atoms with Gasteiger partial charge in [0.05, 0.1) is 11.0 Å². The Labute approximate surface area is 144 Å². The van der Waals surface area contributed by atoms with Gasteiger partial charge in [0.2, 0.25) is 0 Å². The van der Waals surface area contributed by atoms with Gasteiger partial charge in [0, 0.05) is 13.0 Å². The van der Waals surface area contributed by atoms with Crippen LogP contribution in [0.1, 0.15) is 34.5 Å². The maximum absolute atomic E-state index is 5.74. The van der Waals surface area contributed by atoms with E-state index in [2.05, 4.69) is 61.7 Å². The first-order chi connectivity index (χ1) is 11.6. The van der Waals surface area contributed by atoms with Gasteiger partial charge in [-0.15, -0.1) is 0 Å². The summed E-state index contributed by atoms with van der Waals surface area (Å²) in [6.45, 7) is 8.10. The molecule has 3 rings (SSSR count). The molecule has 3 heteroatoms. The second-order valence-corrected chi connectivity index (χ2v) is 6.73. The fourth-order valence-electron chi connectivity index (χ4n) is 3.13. The summed E-state index contributed by atoms with van der Waals surface area (Å²) in [4.78, 5) is 4.92. The first kappa shape index (κ1) is 16.7. The van der Waals surface area contributed by atoms with Crippen molar-refractivity contribution >= 4 is 11.0 Å². The molecule has 1 heterocycles. The van der Waals surface area contributed by atoms with Crippen molar-refractivity contribution in [3.8, 4) is 0 Å². The summed E-state index contributed by atoms with van der Waals surface area (Å²) in [6, 6.07) is 13.3. The molecular formula is C21H27N3. The molecule has 3 nitrogen and oxygen atoms in total. The third-order valence-corrected chi connectivity index (χ3v) is 4.79. The van der Waals surface area contributed by atoms with Crippen molar-refractivity contribution in [1.82, 2.24) is 9.55 Å². The van der Waals surface area contributed by atoms with Crippen LogP contribution in [0.3, 0.4) is 0 Å². The zero-order valence-corrected chi connectivity index (χ0v) is 15.0. The van der Waals surface area contributed by atoms with Crippen LogP contribution in [0.2, 0.25) is 0 Å². The average molecular weight is 321 g/mol. The van der Waals surface area contributed by atoms with Gasteiger partial charge in [-0.25, -0.2) is 4.98 Å². The van der Waals surface area contributed by atoms with E-state index in [-0.39, 0.29) is 0 Å². The number of imidazole rings is 1. The molecule has 0 aliphatic rings. The van der Waals surface area contributed by atoms with Crippen molar-refractivity contribution in [1.29, 1.82) is 0 Å². The summed E-state index contributed by atoms with van der Waals surface area (Å²) >= 11 is 0. The zero-order valence-electron chi connectivity index (χ0n) is 15.0. The van der Waals surface area contributed by atoms with Crippen molar-refractivity contribution in [2.45, 2.75) is 46.6 Å². The molecule has 2 aromatic carbocycles. The molecule has 3 aromatic rings. The standard InChI is InChI=1S/C21H27N3/c1-15-5-7-18(8-6-15)9-10-21-23-19-13-16(2)17(3)14-20(19)24(21)12-4-11-22/h5-8,13-14H,4,9-12,22H2,1-3H3. The minimum Gasteiger partial charge on any atom is -0.330 e. The van der Waals surface area contributed by atoms with Crippen LogP contribution in [0.5, 0.6) is 0 Å². The first-order valence-electron chi connectivity index (χ1n) is 8.80. The summed E-state index contributed by atoms with van der Waals surface area (Å²) in [6.07, 6.45) is 2.96. The van der Waals surface area contributed by atoms with E-state index in [0.29, 0.717) is 6.54 Å². The molecule has 0 aliphatic heterocycles. The van der Waals surface area contributed by atoms with Crippen LogP contribution in [0, 0.1) is 20.8 Å². The normalized spacial score (nSPS) is 11.3. The Hall–Kier alpha value is -2.13. The number of nitrogens with zero attached hydrogens (tertiary/aromatic N) is 2. The lowest BCUT2D eigenvalue weighted by Crippen LogP contribution is -2.09. The Kier molecular flexibility index (Phi) is 5.00. The molecule has 0 atom stereocenters. The zero-order chi connectivity index (χ0) is 17.1. The molecule has 1 aromatic heterocycles. The number of hydrogen-bond acceptors (Lipinski definition) is 2. The van der Waals surface area contributed by atoms with Crippen LogP contribution in [-0.2, 0) is 19.4 Å². The molecule has 0 spiro atoms. The van der Waals surface area contributed by atoms with Crippen LogP contribution < -0.4 is 5.73 Å². The van der Waals surface area contributed by atoms with Crippen molar-refractivity contribution in [3.05, 3.63) is 64.5 Å². The Balaban J connectivity index is 1.91. The molecule has 0 radical (unpaired) electrons. The van der Waals surface area contributed by atoms with Crippen LogP contribution in [-0.4, -0.2) is 16.1 Å². The molecule has 24 heavy (non-hydrogen) atoms. The average Bonchev–Trinajstić information content (AvgIpc) is 2.89. The van der Waals surface area contributed by atoms with Crippen LogP contribution in [0.25, 0.3) is 11.0 Å². The van der Waals surface area contributed by atoms with Crippen molar-refractivity contribution in [3.63, 3.8) is 0 Å². The number of nitrogens with two attached hydrogens (primary N) is 1. The van der Waals surface area contributed by atoms with Gasteiger partial charge in [-0.2, -0.15) is 0 Å². The predicted molar refractivity (Wildman–Crippen MR) is 101 cm³/mol. The number of benzene rings is 2. The molecule has 0 fully saturated rings. The second-order valence-electron chi connectivity index (χ2n) is 6.73. The van der Waals surface area contributed by atoms with Gasteiger partial charge in [-0.1, -0.05) is 29.8 Å². The molecule has 0 unspecified atom stereocenters. The molecule has 0 bridgehead atoms. The number of hydrogen-bond donors (Lipinski definition) is 1. The number of rotatable bonds is 6. The second kappa shape index (κ2) is 7.18. The number of aromatic nitrogens is 2. The molecular weight excluding hydrogens is 294 g/mol. The highest BCUT2D eigenvalue weighted by molar-refractivity contribution is 5.78. The Morgan fingerprint density at radius 3 is 2.38 bits per heavy atom. The minimum atomic E-state index is 0.710. The topological polar surface area (TPSA) is 43.8 Å². The summed E-state index contributed by atoms with van der Waals surface area (Å²) in [7, 11) is 0. The van der Waals surface area contributed by atoms with Gasteiger partial charge in [0.1, 0.15) is 5.82 Å². The smallest absolute Gasteiger partial charge is 0.110 e. The first-order valence-corrected chi connectivity index (χ1v) is 8.80. The summed E-state index contributed by atoms with van der Waals surface area (Å²) in [5, 5.41) is 0. The molecule has 0 aliphatic carbocycles. The predicted octanol–water partition coefficient (Wildman–Crippen LogP) is 4.10. The lowest BCUT2D eigenvalue weighted by Gasteiger charge is -2.09. The van der Waals surface area contributed by atoms with E-state index in [1.54, 1.807) is 0 Å². The molecule has 2 N–H and O–H groups in total. The van der Waals surface area contributed by atoms with E-state index < -0.39 is 0 Å². The van der Waals surface area contributed by atoms with Gasteiger partial charge in [0.25, 0.3) is 0 Å². The lowest BCUT2D eigenvalue weighted by atomic mass is 10.1. The van der Waals surface area contributed by atoms with Crippen LogP contribution >= 0.6 is 0 Å². The molecule has 126 valence electrons. The Morgan fingerprint density at radius 2 is 1.67 bits per heavy atom. The van der Waals surface area contributed by atoms with Crippen LogP contribution in [0.4, 0.5) is 0 Å². The maximum Gasteiger partial charge on any atom is 0.110 e. The van der Waals surface area contributed by atoms with Crippen molar-refractivity contribution in [2.75, 3.05) is 6.54 Å². The quantitative estimate of drug-likeness (QED) is 0.743. The highest BCUT2D eigenvalue weighted by atomic mass is 15.1. The highest BCUT2D eigenvalue weighted by Crippen LogP contribution is 2.22. The Bertz CT molecular complexity index is 828. The van der Waals surface area contributed by atoms with Gasteiger partial charge in [-0.05, 0) is 69.0 Å². The summed E-state index contributed by atoms with van der Waals surface area (Å²) in [5.74, 6) is 1.17. The van der Waals surface area contributed by atoms with E-state index in [1.165, 1.54) is 33.6 Å². The highest BCUT2D eigenvalue weighted by Gasteiger charge is 2.12. The van der Waals surface area contributed by atoms with E-state index >= 15 is 0 Å². The van der Waals surface area contributed by atoms with E-state index in [1.807, 2.05) is 0 Å². The Morgan fingerprint density at radius 1 is 0.958 bits per heavy atom. The summed E-state index contributed by atoms with van der Waals surface area (Å²) in [5.41, 5.74) is 13.4. The summed E-state index contributed by atoms with van der Waals surface area (Å²) < 4.78 is 2.36. The van der Waals surface area contributed by atoms with E-state index in [0.717, 1.165) is 31.3 Å². The van der Waals surface area contributed by atoms with Crippen molar-refractivity contribution < 1.29 is 0 Å². The van der Waals surface area contributed by atoms with E-state index in [9.17, 15) is 0 Å². The van der Waals surface area contributed by atoms with E-state index in [4.69, 9.17) is 10.7 Å². The third-order valence-electron chi connectivity index (χ3n) is 4.79. The molecule has 0 amide bonds. The molecule has 0 saturated heterocycles. The van der Waals surface area contributed by atoms with Crippen LogP contribution in [0.15, 0.2) is 36.4 Å². The number of fused-ring (bicyclic) bond motifs is 1. The fraction of sp³-hybridized carbons (Fsp3) is 0.381. The maximum atomic E-state index is 5.74. The van der Waals surface area contributed by atoms with Gasteiger partial charge >= 0.3 is 0 Å². The molecule has 0 saturated carbocycles. The SMILES string of the molecule is Cc1ccc(CCc2nc3cc(C)c(C)cc3n2CCCN)cc1. The largest absolute Gasteiger partial charge is 0.330 e. The minimum absolute atomic E-state index is 0.710. The van der Waals surface area contributed by atoms with Gasteiger partial charge < -0.3 is 10.3 Å². The monoisotopic (exact) mass is 321 g/mol. The fourth-order valence-corrected chi connectivity index (χ4v) is 3.13. The lowest BCUT2D eigenvalue weighted by molar-refractivity contribution is 0.628. The van der Waals surface area contributed by atoms with Crippen molar-refractivity contribution in [2.24, 2.45) is 5.73 Å².